The second-order valence-corrected chi connectivity index (χ2v) is 10.00. The Bertz CT molecular complexity index is 203. The molecule has 1 rings (SSSR count). The van der Waals surface area contributed by atoms with Gasteiger partial charge in [0, 0.05) is 13.0 Å². The van der Waals surface area contributed by atoms with E-state index in [9.17, 15) is 4.79 Å². The van der Waals surface area contributed by atoms with Gasteiger partial charge in [-0.15, -0.1) is 0 Å². The van der Waals surface area contributed by atoms with Gasteiger partial charge in [0.05, 0.1) is 0 Å². The van der Waals surface area contributed by atoms with E-state index in [1.165, 1.54) is 25.3 Å². The Balaban J connectivity index is 2.54. The zero-order valence-electron chi connectivity index (χ0n) is 9.81. The van der Waals surface area contributed by atoms with E-state index < -0.39 is 8.07 Å². The van der Waals surface area contributed by atoms with Crippen molar-refractivity contribution in [3.05, 3.63) is 0 Å². The summed E-state index contributed by atoms with van der Waals surface area (Å²) in [7, 11) is 0.602. The van der Waals surface area contributed by atoms with Crippen molar-refractivity contribution in [2.24, 2.45) is 0 Å². The van der Waals surface area contributed by atoms with Crippen molar-refractivity contribution in [1.29, 1.82) is 0 Å². The van der Waals surface area contributed by atoms with Crippen LogP contribution in [-0.2, 0) is 4.79 Å². The predicted molar refractivity (Wildman–Crippen MR) is 63.3 cm³/mol. The van der Waals surface area contributed by atoms with Gasteiger partial charge < -0.3 is 9.69 Å². The fourth-order valence-electron chi connectivity index (χ4n) is 2.01. The molecule has 1 aliphatic heterocycles. The minimum atomic E-state index is -1.53. The third-order valence-electron chi connectivity index (χ3n) is 3.32. The SMILES string of the molecule is CN1CCCCC[Si](C)(C)C(=O)CC1. The van der Waals surface area contributed by atoms with Crippen LogP contribution in [0.1, 0.15) is 25.7 Å². The maximum Gasteiger partial charge on any atom is 0.127 e. The molecule has 0 radical (unpaired) electrons. The van der Waals surface area contributed by atoms with Crippen molar-refractivity contribution in [2.45, 2.75) is 44.8 Å². The van der Waals surface area contributed by atoms with Gasteiger partial charge >= 0.3 is 0 Å². The molecule has 0 amide bonds. The smallest absolute Gasteiger partial charge is 0.127 e. The van der Waals surface area contributed by atoms with Gasteiger partial charge in [0.15, 0.2) is 0 Å². The van der Waals surface area contributed by atoms with E-state index in [4.69, 9.17) is 0 Å². The lowest BCUT2D eigenvalue weighted by Gasteiger charge is -2.25. The van der Waals surface area contributed by atoms with Crippen LogP contribution in [0.4, 0.5) is 0 Å². The number of rotatable bonds is 0. The Morgan fingerprint density at radius 1 is 1.14 bits per heavy atom. The molecule has 14 heavy (non-hydrogen) atoms. The van der Waals surface area contributed by atoms with Crippen LogP contribution >= 0.6 is 0 Å². The quantitative estimate of drug-likeness (QED) is 0.576. The summed E-state index contributed by atoms with van der Waals surface area (Å²) >= 11 is 0. The molecule has 1 fully saturated rings. The Hall–Kier alpha value is -0.153. The van der Waals surface area contributed by atoms with Gasteiger partial charge in [-0.3, -0.25) is 0 Å². The van der Waals surface area contributed by atoms with Crippen LogP contribution in [0, 0.1) is 0 Å². The maximum absolute atomic E-state index is 11.9. The fraction of sp³-hybridized carbons (Fsp3) is 0.909. The number of hydrogen-bond donors (Lipinski definition) is 0. The second-order valence-electron chi connectivity index (χ2n) is 5.17. The zero-order chi connectivity index (χ0) is 10.6. The number of carbonyl (C=O) groups is 1. The molecule has 0 N–H and O–H groups in total. The molecule has 0 aromatic carbocycles. The summed E-state index contributed by atoms with van der Waals surface area (Å²) in [6.07, 6.45) is 4.65. The highest BCUT2D eigenvalue weighted by molar-refractivity contribution is 7.04. The van der Waals surface area contributed by atoms with Crippen LogP contribution in [0.15, 0.2) is 0 Å². The first-order chi connectivity index (χ1) is 6.52. The Morgan fingerprint density at radius 2 is 1.86 bits per heavy atom. The summed E-state index contributed by atoms with van der Waals surface area (Å²) in [4.78, 5) is 14.2. The Labute approximate surface area is 88.7 Å². The summed E-state index contributed by atoms with van der Waals surface area (Å²) in [5.74, 6) is 0. The maximum atomic E-state index is 11.9. The van der Waals surface area contributed by atoms with E-state index in [1.807, 2.05) is 0 Å². The van der Waals surface area contributed by atoms with E-state index in [-0.39, 0.29) is 0 Å². The molecule has 0 aromatic heterocycles. The van der Waals surface area contributed by atoms with Crippen molar-refractivity contribution < 1.29 is 4.79 Å². The zero-order valence-corrected chi connectivity index (χ0v) is 10.8. The molecule has 1 saturated heterocycles. The lowest BCUT2D eigenvalue weighted by Crippen LogP contribution is -2.39. The summed E-state index contributed by atoms with van der Waals surface area (Å²) in [5, 5.41) is 0.575. The molecule has 1 heterocycles. The van der Waals surface area contributed by atoms with Gasteiger partial charge in [-0.1, -0.05) is 32.0 Å². The molecule has 0 aromatic rings. The molecule has 3 heteroatoms. The van der Waals surface area contributed by atoms with E-state index >= 15 is 0 Å². The molecule has 0 unspecified atom stereocenters. The van der Waals surface area contributed by atoms with Gasteiger partial charge in [0.25, 0.3) is 0 Å². The van der Waals surface area contributed by atoms with Gasteiger partial charge in [-0.05, 0) is 20.0 Å². The van der Waals surface area contributed by atoms with E-state index in [0.29, 0.717) is 5.41 Å². The summed E-state index contributed by atoms with van der Waals surface area (Å²) in [6.45, 7) is 6.60. The first-order valence-electron chi connectivity index (χ1n) is 5.74. The third kappa shape index (κ3) is 3.54. The van der Waals surface area contributed by atoms with Crippen molar-refractivity contribution >= 4 is 13.5 Å². The Morgan fingerprint density at radius 3 is 2.57 bits per heavy atom. The molecule has 0 saturated carbocycles. The summed E-state index contributed by atoms with van der Waals surface area (Å²) < 4.78 is 0. The highest BCUT2D eigenvalue weighted by Gasteiger charge is 2.29. The van der Waals surface area contributed by atoms with Crippen molar-refractivity contribution in [1.82, 2.24) is 4.90 Å². The fourth-order valence-corrected chi connectivity index (χ4v) is 4.21. The van der Waals surface area contributed by atoms with Gasteiger partial charge in [0.1, 0.15) is 13.5 Å². The van der Waals surface area contributed by atoms with Gasteiger partial charge in [0.2, 0.25) is 0 Å². The standard InChI is InChI=1S/C11H23NOSi/c1-12-8-5-4-6-10-14(2,3)11(13)7-9-12/h4-10H2,1-3H3. The molecular weight excluding hydrogens is 190 g/mol. The topological polar surface area (TPSA) is 20.3 Å². The highest BCUT2D eigenvalue weighted by Crippen LogP contribution is 2.18. The Kier molecular flexibility index (Phi) is 4.32. The first-order valence-corrected chi connectivity index (χ1v) is 8.95. The van der Waals surface area contributed by atoms with Crippen LogP contribution in [0.25, 0.3) is 0 Å². The van der Waals surface area contributed by atoms with Crippen LogP contribution in [-0.4, -0.2) is 38.5 Å². The third-order valence-corrected chi connectivity index (χ3v) is 6.68. The molecule has 2 nitrogen and oxygen atoms in total. The lowest BCUT2D eigenvalue weighted by molar-refractivity contribution is -0.113. The van der Waals surface area contributed by atoms with Crippen LogP contribution in [0.5, 0.6) is 0 Å². The summed E-state index contributed by atoms with van der Waals surface area (Å²) in [6, 6.07) is 1.20. The van der Waals surface area contributed by atoms with Crippen molar-refractivity contribution in [3.8, 4) is 0 Å². The van der Waals surface area contributed by atoms with E-state index in [2.05, 4.69) is 25.0 Å². The molecule has 1 aliphatic rings. The first kappa shape index (κ1) is 11.9. The number of hydrogen-bond acceptors (Lipinski definition) is 2. The summed E-state index contributed by atoms with van der Waals surface area (Å²) in [5.41, 5.74) is 0. The lowest BCUT2D eigenvalue weighted by atomic mass is 10.2. The molecule has 82 valence electrons. The van der Waals surface area contributed by atoms with Crippen LogP contribution < -0.4 is 0 Å². The average Bonchev–Trinajstić information content (AvgIpc) is 2.12. The van der Waals surface area contributed by atoms with Crippen LogP contribution in [0.3, 0.4) is 0 Å². The molecule has 0 bridgehead atoms. The molecule has 0 spiro atoms. The predicted octanol–water partition coefficient (Wildman–Crippen LogP) is 2.31. The largest absolute Gasteiger partial charge is 0.306 e. The average molecular weight is 213 g/mol. The molecular formula is C11H23NOSi. The van der Waals surface area contributed by atoms with Gasteiger partial charge in [-0.2, -0.15) is 0 Å². The molecule has 0 atom stereocenters. The van der Waals surface area contributed by atoms with Crippen LogP contribution in [0.2, 0.25) is 19.1 Å². The number of nitrogens with zero attached hydrogens (tertiary/aromatic N) is 1. The van der Waals surface area contributed by atoms with E-state index in [1.54, 1.807) is 0 Å². The monoisotopic (exact) mass is 213 g/mol. The minimum Gasteiger partial charge on any atom is -0.306 e. The van der Waals surface area contributed by atoms with Crippen molar-refractivity contribution in [2.75, 3.05) is 20.1 Å². The van der Waals surface area contributed by atoms with Gasteiger partial charge in [-0.25, -0.2) is 0 Å². The van der Waals surface area contributed by atoms with Crippen molar-refractivity contribution in [3.63, 3.8) is 0 Å². The highest BCUT2D eigenvalue weighted by atomic mass is 28.3. The normalized spacial score (nSPS) is 26.1. The number of carbonyl (C=O) groups excluding carboxylic acids is 1. The molecule has 0 aliphatic carbocycles. The minimum absolute atomic E-state index is 0.575. The van der Waals surface area contributed by atoms with E-state index in [0.717, 1.165) is 19.5 Å². The second kappa shape index (κ2) is 5.08.